The van der Waals surface area contributed by atoms with E-state index in [0.29, 0.717) is 17.4 Å². The van der Waals surface area contributed by atoms with Gasteiger partial charge >= 0.3 is 0 Å². The first-order valence-corrected chi connectivity index (χ1v) is 10.7. The molecule has 4 rings (SSSR count). The van der Waals surface area contributed by atoms with Crippen molar-refractivity contribution in [1.82, 2.24) is 14.8 Å². The van der Waals surface area contributed by atoms with Gasteiger partial charge in [-0.3, -0.25) is 14.5 Å². The van der Waals surface area contributed by atoms with E-state index in [1.54, 1.807) is 22.3 Å². The first kappa shape index (κ1) is 18.7. The Balaban J connectivity index is 1.57. The average Bonchev–Trinajstić information content (AvgIpc) is 3.36. The van der Waals surface area contributed by atoms with Crippen molar-refractivity contribution in [3.05, 3.63) is 41.8 Å². The lowest BCUT2D eigenvalue weighted by molar-refractivity contribution is -0.121. The molecule has 1 atom stereocenters. The monoisotopic (exact) mass is 413 g/mol. The predicted octanol–water partition coefficient (Wildman–Crippen LogP) is 3.49. The topological polar surface area (TPSA) is 80.1 Å². The molecule has 0 bridgehead atoms. The van der Waals surface area contributed by atoms with Crippen molar-refractivity contribution >= 4 is 46.3 Å². The zero-order valence-electron chi connectivity index (χ0n) is 15.5. The summed E-state index contributed by atoms with van der Waals surface area (Å²) in [4.78, 5) is 27.7. The van der Waals surface area contributed by atoms with Crippen LogP contribution in [0, 0.1) is 0 Å². The number of amides is 2. The zero-order valence-corrected chi connectivity index (χ0v) is 17.1. The summed E-state index contributed by atoms with van der Waals surface area (Å²) in [6, 6.07) is 11.3. The van der Waals surface area contributed by atoms with Gasteiger partial charge in [-0.15, -0.1) is 21.5 Å². The van der Waals surface area contributed by atoms with Gasteiger partial charge < -0.3 is 9.88 Å². The summed E-state index contributed by atoms with van der Waals surface area (Å²) in [7, 11) is 0. The van der Waals surface area contributed by atoms with Crippen molar-refractivity contribution in [1.29, 1.82) is 0 Å². The fourth-order valence-corrected chi connectivity index (χ4v) is 4.80. The molecule has 2 aromatic heterocycles. The van der Waals surface area contributed by atoms with Crippen LogP contribution < -0.4 is 10.2 Å². The molecule has 9 heteroatoms. The quantitative estimate of drug-likeness (QED) is 0.648. The number of thiophene rings is 1. The maximum atomic E-state index is 13.1. The predicted molar refractivity (Wildman–Crippen MR) is 112 cm³/mol. The van der Waals surface area contributed by atoms with E-state index < -0.39 is 5.25 Å². The van der Waals surface area contributed by atoms with Gasteiger partial charge in [-0.2, -0.15) is 0 Å². The highest BCUT2D eigenvalue weighted by Crippen LogP contribution is 2.33. The number of hydrogen-bond acceptors (Lipinski definition) is 6. The summed E-state index contributed by atoms with van der Waals surface area (Å²) < 4.78 is 2.01. The Morgan fingerprint density at radius 2 is 2.11 bits per heavy atom. The van der Waals surface area contributed by atoms with Gasteiger partial charge in [0.2, 0.25) is 11.8 Å². The first-order valence-electron chi connectivity index (χ1n) is 8.92. The molecule has 1 N–H and O–H groups in total. The molecule has 0 saturated carbocycles. The van der Waals surface area contributed by atoms with Gasteiger partial charge in [0, 0.05) is 6.54 Å². The SMILES string of the molecule is CCn1c(S[C@@H](C)C(=O)N2CC(=O)Nc3ccccc32)nnc1-c1cccs1. The van der Waals surface area contributed by atoms with Crippen molar-refractivity contribution in [2.24, 2.45) is 0 Å². The summed E-state index contributed by atoms with van der Waals surface area (Å²) in [5, 5.41) is 13.7. The van der Waals surface area contributed by atoms with Crippen LogP contribution in [-0.2, 0) is 16.1 Å². The number of thioether (sulfide) groups is 1. The minimum absolute atomic E-state index is 0.0155. The molecule has 1 aliphatic rings. The smallest absolute Gasteiger partial charge is 0.244 e. The van der Waals surface area contributed by atoms with E-state index in [-0.39, 0.29) is 18.4 Å². The number of rotatable bonds is 5. The average molecular weight is 414 g/mol. The number of anilines is 2. The van der Waals surface area contributed by atoms with Crippen LogP contribution in [0.15, 0.2) is 46.9 Å². The summed E-state index contributed by atoms with van der Waals surface area (Å²) in [5.74, 6) is 0.485. The molecule has 0 radical (unpaired) electrons. The van der Waals surface area contributed by atoms with Crippen molar-refractivity contribution in [2.45, 2.75) is 30.8 Å². The van der Waals surface area contributed by atoms with E-state index >= 15 is 0 Å². The summed E-state index contributed by atoms with van der Waals surface area (Å²) in [6.45, 7) is 4.59. The molecule has 0 saturated heterocycles. The third-order valence-corrected chi connectivity index (χ3v) is 6.38. The summed E-state index contributed by atoms with van der Waals surface area (Å²) in [6.07, 6.45) is 0. The van der Waals surface area contributed by atoms with E-state index in [4.69, 9.17) is 0 Å². The molecule has 3 heterocycles. The molecule has 1 aromatic carbocycles. The maximum Gasteiger partial charge on any atom is 0.244 e. The van der Waals surface area contributed by atoms with Gasteiger partial charge in [-0.1, -0.05) is 30.0 Å². The summed E-state index contributed by atoms with van der Waals surface area (Å²) in [5.41, 5.74) is 1.37. The van der Waals surface area contributed by atoms with Crippen LogP contribution in [0.3, 0.4) is 0 Å². The molecule has 28 heavy (non-hydrogen) atoms. The van der Waals surface area contributed by atoms with E-state index in [2.05, 4.69) is 15.5 Å². The molecule has 144 valence electrons. The van der Waals surface area contributed by atoms with Gasteiger partial charge in [0.1, 0.15) is 6.54 Å². The lowest BCUT2D eigenvalue weighted by atomic mass is 10.2. The Kier molecular flexibility index (Phi) is 5.19. The number of hydrogen-bond donors (Lipinski definition) is 1. The molecule has 7 nitrogen and oxygen atoms in total. The van der Waals surface area contributed by atoms with Gasteiger partial charge in [-0.25, -0.2) is 0 Å². The van der Waals surface area contributed by atoms with Crippen LogP contribution in [0.2, 0.25) is 0 Å². The number of carbonyl (C=O) groups excluding carboxylic acids is 2. The summed E-state index contributed by atoms with van der Waals surface area (Å²) >= 11 is 2.97. The number of aromatic nitrogens is 3. The third-order valence-electron chi connectivity index (χ3n) is 4.44. The number of para-hydroxylation sites is 2. The molecule has 0 spiro atoms. The van der Waals surface area contributed by atoms with Crippen LogP contribution >= 0.6 is 23.1 Å². The highest BCUT2D eigenvalue weighted by atomic mass is 32.2. The van der Waals surface area contributed by atoms with Crippen molar-refractivity contribution in [2.75, 3.05) is 16.8 Å². The van der Waals surface area contributed by atoms with Crippen LogP contribution in [-0.4, -0.2) is 38.4 Å². The molecule has 0 unspecified atom stereocenters. The number of benzene rings is 1. The van der Waals surface area contributed by atoms with Crippen LogP contribution in [0.1, 0.15) is 13.8 Å². The highest BCUT2D eigenvalue weighted by molar-refractivity contribution is 8.00. The molecular formula is C19H19N5O2S2. The number of fused-ring (bicyclic) bond motifs is 1. The van der Waals surface area contributed by atoms with Crippen molar-refractivity contribution in [3.63, 3.8) is 0 Å². The number of nitrogens with zero attached hydrogens (tertiary/aromatic N) is 4. The first-order chi connectivity index (χ1) is 13.6. The Labute approximate surface area is 170 Å². The molecule has 0 fully saturated rings. The largest absolute Gasteiger partial charge is 0.323 e. The Morgan fingerprint density at radius 3 is 2.86 bits per heavy atom. The third kappa shape index (κ3) is 3.43. The van der Waals surface area contributed by atoms with Crippen LogP contribution in [0.5, 0.6) is 0 Å². The second-order valence-electron chi connectivity index (χ2n) is 6.28. The fourth-order valence-electron chi connectivity index (χ4n) is 3.11. The van der Waals surface area contributed by atoms with Crippen LogP contribution in [0.25, 0.3) is 10.7 Å². The number of carbonyl (C=O) groups is 2. The lowest BCUT2D eigenvalue weighted by Crippen LogP contribution is -2.45. The van der Waals surface area contributed by atoms with Gasteiger partial charge in [0.05, 0.1) is 21.5 Å². The molecule has 0 aliphatic carbocycles. The molecule has 2 amide bonds. The van der Waals surface area contributed by atoms with Gasteiger partial charge in [-0.05, 0) is 37.4 Å². The Hall–Kier alpha value is -2.65. The van der Waals surface area contributed by atoms with Gasteiger partial charge in [0.25, 0.3) is 0 Å². The maximum absolute atomic E-state index is 13.1. The zero-order chi connectivity index (χ0) is 19.7. The normalized spacial score (nSPS) is 14.5. The highest BCUT2D eigenvalue weighted by Gasteiger charge is 2.31. The number of nitrogens with one attached hydrogen (secondary N) is 1. The van der Waals surface area contributed by atoms with E-state index in [1.165, 1.54) is 11.8 Å². The van der Waals surface area contributed by atoms with Crippen molar-refractivity contribution in [3.8, 4) is 10.7 Å². The fraction of sp³-hybridized carbons (Fsp3) is 0.263. The van der Waals surface area contributed by atoms with Crippen molar-refractivity contribution < 1.29 is 9.59 Å². The molecule has 1 aliphatic heterocycles. The standard InChI is InChI=1S/C19H19N5O2S2/c1-3-23-17(15-9-6-10-27-15)21-22-19(23)28-12(2)18(26)24-11-16(25)20-13-7-4-5-8-14(13)24/h4-10,12H,3,11H2,1-2H3,(H,20,25)/t12-/m0/s1. The minimum Gasteiger partial charge on any atom is -0.323 e. The van der Waals surface area contributed by atoms with E-state index in [0.717, 1.165) is 16.4 Å². The molecule has 3 aromatic rings. The van der Waals surface area contributed by atoms with E-state index in [1.807, 2.05) is 54.1 Å². The molecular weight excluding hydrogens is 394 g/mol. The lowest BCUT2D eigenvalue weighted by Gasteiger charge is -2.30. The Bertz CT molecular complexity index is 1020. The Morgan fingerprint density at radius 1 is 1.29 bits per heavy atom. The second kappa shape index (κ2) is 7.76. The second-order valence-corrected chi connectivity index (χ2v) is 8.53. The van der Waals surface area contributed by atoms with Gasteiger partial charge in [0.15, 0.2) is 11.0 Å². The van der Waals surface area contributed by atoms with E-state index in [9.17, 15) is 9.59 Å². The minimum atomic E-state index is -0.412. The van der Waals surface area contributed by atoms with Crippen LogP contribution in [0.4, 0.5) is 11.4 Å².